The lowest BCUT2D eigenvalue weighted by molar-refractivity contribution is 0.563. The van der Waals surface area contributed by atoms with Gasteiger partial charge in [0.15, 0.2) is 9.84 Å². The van der Waals surface area contributed by atoms with Gasteiger partial charge in [0.2, 0.25) is 0 Å². The van der Waals surface area contributed by atoms with Crippen molar-refractivity contribution in [3.8, 4) is 0 Å². The summed E-state index contributed by atoms with van der Waals surface area (Å²) < 4.78 is 23.7. The first-order valence-corrected chi connectivity index (χ1v) is 7.30. The number of sulfone groups is 1. The highest BCUT2D eigenvalue weighted by Gasteiger charge is 2.25. The van der Waals surface area contributed by atoms with Gasteiger partial charge in [0.05, 0.1) is 11.0 Å². The maximum absolute atomic E-state index is 11.9. The Morgan fingerprint density at radius 3 is 2.79 bits per heavy atom. The molecule has 0 saturated carbocycles. The van der Waals surface area contributed by atoms with E-state index in [2.05, 4.69) is 5.32 Å². The van der Waals surface area contributed by atoms with E-state index < -0.39 is 9.84 Å². The Kier molecular flexibility index (Phi) is 4.89. The van der Waals surface area contributed by atoms with Gasteiger partial charge in [-0.3, -0.25) is 0 Å². The predicted octanol–water partition coefficient (Wildman–Crippen LogP) is 1.34. The molecule has 1 N–H and O–H groups in total. The summed E-state index contributed by atoms with van der Waals surface area (Å²) in [6.07, 6.45) is 4.41. The summed E-state index contributed by atoms with van der Waals surface area (Å²) in [6.45, 7) is 3.86. The standard InChI is InChI=1S/C10H21NO2S/c1-2-3-9-14(12,13)10-5-4-7-11-8-6-10/h10-11H,2-9H2,1H3. The van der Waals surface area contributed by atoms with E-state index in [-0.39, 0.29) is 5.25 Å². The molecule has 0 amide bonds. The van der Waals surface area contributed by atoms with E-state index in [4.69, 9.17) is 0 Å². The van der Waals surface area contributed by atoms with Crippen molar-refractivity contribution in [3.63, 3.8) is 0 Å². The second-order valence-electron chi connectivity index (χ2n) is 4.02. The first kappa shape index (κ1) is 12.0. The molecule has 14 heavy (non-hydrogen) atoms. The molecule has 0 spiro atoms. The van der Waals surface area contributed by atoms with E-state index in [1.807, 2.05) is 6.92 Å². The molecule has 0 aromatic carbocycles. The minimum atomic E-state index is -2.81. The molecular weight excluding hydrogens is 198 g/mol. The fourth-order valence-electron chi connectivity index (χ4n) is 1.86. The van der Waals surface area contributed by atoms with Crippen molar-refractivity contribution >= 4 is 9.84 Å². The maximum atomic E-state index is 11.9. The molecule has 0 radical (unpaired) electrons. The van der Waals surface area contributed by atoms with Gasteiger partial charge in [0.1, 0.15) is 0 Å². The van der Waals surface area contributed by atoms with E-state index >= 15 is 0 Å². The van der Waals surface area contributed by atoms with Gasteiger partial charge < -0.3 is 5.32 Å². The zero-order valence-electron chi connectivity index (χ0n) is 8.96. The summed E-state index contributed by atoms with van der Waals surface area (Å²) >= 11 is 0. The van der Waals surface area contributed by atoms with Gasteiger partial charge in [0.25, 0.3) is 0 Å². The fourth-order valence-corrected chi connectivity index (χ4v) is 3.89. The Bertz CT molecular complexity index is 241. The lowest BCUT2D eigenvalue weighted by Crippen LogP contribution is -2.25. The Labute approximate surface area is 87.2 Å². The van der Waals surface area contributed by atoms with Crippen LogP contribution in [0, 0.1) is 0 Å². The van der Waals surface area contributed by atoms with Crippen LogP contribution >= 0.6 is 0 Å². The largest absolute Gasteiger partial charge is 0.317 e. The molecule has 1 aliphatic heterocycles. The summed E-state index contributed by atoms with van der Waals surface area (Å²) in [5.41, 5.74) is 0. The molecule has 4 heteroatoms. The summed E-state index contributed by atoms with van der Waals surface area (Å²) in [4.78, 5) is 0. The molecule has 0 aromatic heterocycles. The fraction of sp³-hybridized carbons (Fsp3) is 1.00. The zero-order chi connectivity index (χ0) is 10.4. The van der Waals surface area contributed by atoms with Gasteiger partial charge in [0, 0.05) is 0 Å². The summed E-state index contributed by atoms with van der Waals surface area (Å²) in [6, 6.07) is 0. The van der Waals surface area contributed by atoms with Gasteiger partial charge in [-0.05, 0) is 38.8 Å². The van der Waals surface area contributed by atoms with Gasteiger partial charge in [-0.1, -0.05) is 13.3 Å². The summed E-state index contributed by atoms with van der Waals surface area (Å²) in [5.74, 6) is 0.383. The molecule has 0 bridgehead atoms. The van der Waals surface area contributed by atoms with Crippen molar-refractivity contribution in [3.05, 3.63) is 0 Å². The molecular formula is C10H21NO2S. The molecule has 0 aromatic rings. The minimum Gasteiger partial charge on any atom is -0.317 e. The first-order chi connectivity index (χ1) is 6.67. The monoisotopic (exact) mass is 219 g/mol. The van der Waals surface area contributed by atoms with Crippen LogP contribution in [0.25, 0.3) is 0 Å². The summed E-state index contributed by atoms with van der Waals surface area (Å²) in [5, 5.41) is 3.16. The van der Waals surface area contributed by atoms with E-state index in [1.165, 1.54) is 0 Å². The summed E-state index contributed by atoms with van der Waals surface area (Å²) in [7, 11) is -2.81. The Morgan fingerprint density at radius 2 is 2.07 bits per heavy atom. The number of nitrogens with one attached hydrogen (secondary N) is 1. The third-order valence-corrected chi connectivity index (χ3v) is 5.16. The van der Waals surface area contributed by atoms with Crippen LogP contribution in [0.15, 0.2) is 0 Å². The SMILES string of the molecule is CCCCS(=O)(=O)C1CCCNCC1. The molecule has 84 valence electrons. The van der Waals surface area contributed by atoms with Crippen LogP contribution < -0.4 is 5.32 Å². The van der Waals surface area contributed by atoms with Crippen LogP contribution in [-0.4, -0.2) is 32.5 Å². The smallest absolute Gasteiger partial charge is 0.153 e. The van der Waals surface area contributed by atoms with Gasteiger partial charge in [-0.15, -0.1) is 0 Å². The topological polar surface area (TPSA) is 46.2 Å². The van der Waals surface area contributed by atoms with Crippen molar-refractivity contribution < 1.29 is 8.42 Å². The van der Waals surface area contributed by atoms with Crippen molar-refractivity contribution in [2.75, 3.05) is 18.8 Å². The third-order valence-electron chi connectivity index (χ3n) is 2.81. The third kappa shape index (κ3) is 3.58. The van der Waals surface area contributed by atoms with Gasteiger partial charge >= 0.3 is 0 Å². The highest BCUT2D eigenvalue weighted by Crippen LogP contribution is 2.16. The second kappa shape index (κ2) is 5.71. The molecule has 1 aliphatic rings. The van der Waals surface area contributed by atoms with E-state index in [0.29, 0.717) is 5.75 Å². The van der Waals surface area contributed by atoms with E-state index in [1.54, 1.807) is 0 Å². The Balaban J connectivity index is 2.51. The van der Waals surface area contributed by atoms with Crippen molar-refractivity contribution in [1.82, 2.24) is 5.32 Å². The number of hydrogen-bond donors (Lipinski definition) is 1. The van der Waals surface area contributed by atoms with Crippen molar-refractivity contribution in [1.29, 1.82) is 0 Å². The highest BCUT2D eigenvalue weighted by molar-refractivity contribution is 7.92. The molecule has 1 fully saturated rings. The van der Waals surface area contributed by atoms with Crippen LogP contribution in [0.4, 0.5) is 0 Å². The van der Waals surface area contributed by atoms with Crippen LogP contribution in [-0.2, 0) is 9.84 Å². The predicted molar refractivity (Wildman–Crippen MR) is 59.2 cm³/mol. The quantitative estimate of drug-likeness (QED) is 0.776. The molecule has 1 heterocycles. The van der Waals surface area contributed by atoms with Gasteiger partial charge in [-0.2, -0.15) is 0 Å². The first-order valence-electron chi connectivity index (χ1n) is 5.59. The molecule has 1 atom stereocenters. The Morgan fingerprint density at radius 1 is 1.29 bits per heavy atom. The van der Waals surface area contributed by atoms with Crippen LogP contribution in [0.3, 0.4) is 0 Å². The molecule has 3 nitrogen and oxygen atoms in total. The Hall–Kier alpha value is -0.0900. The normalized spacial score (nSPS) is 24.5. The second-order valence-corrected chi connectivity index (χ2v) is 6.42. The average Bonchev–Trinajstić information content (AvgIpc) is 2.43. The molecule has 1 saturated heterocycles. The highest BCUT2D eigenvalue weighted by atomic mass is 32.2. The zero-order valence-corrected chi connectivity index (χ0v) is 9.78. The minimum absolute atomic E-state index is 0.0796. The maximum Gasteiger partial charge on any atom is 0.153 e. The average molecular weight is 219 g/mol. The lowest BCUT2D eigenvalue weighted by Gasteiger charge is -2.14. The van der Waals surface area contributed by atoms with Gasteiger partial charge in [-0.25, -0.2) is 8.42 Å². The van der Waals surface area contributed by atoms with Crippen LogP contribution in [0.2, 0.25) is 0 Å². The van der Waals surface area contributed by atoms with E-state index in [9.17, 15) is 8.42 Å². The lowest BCUT2D eigenvalue weighted by atomic mass is 10.2. The molecule has 0 aliphatic carbocycles. The van der Waals surface area contributed by atoms with E-state index in [0.717, 1.165) is 45.2 Å². The van der Waals surface area contributed by atoms with Crippen LogP contribution in [0.1, 0.15) is 39.0 Å². The van der Waals surface area contributed by atoms with Crippen LogP contribution in [0.5, 0.6) is 0 Å². The number of rotatable bonds is 4. The number of hydrogen-bond acceptors (Lipinski definition) is 3. The molecule has 1 unspecified atom stereocenters. The van der Waals surface area contributed by atoms with Crippen molar-refractivity contribution in [2.24, 2.45) is 0 Å². The van der Waals surface area contributed by atoms with Crippen molar-refractivity contribution in [2.45, 2.75) is 44.3 Å². The number of unbranched alkanes of at least 4 members (excludes halogenated alkanes) is 1. The molecule has 1 rings (SSSR count).